The van der Waals surface area contributed by atoms with E-state index in [2.05, 4.69) is 53.7 Å². The lowest BCUT2D eigenvalue weighted by Crippen LogP contribution is -2.32. The molecule has 2 aliphatic rings. The highest BCUT2D eigenvalue weighted by molar-refractivity contribution is 5.81. The van der Waals surface area contributed by atoms with Gasteiger partial charge in [0.15, 0.2) is 0 Å². The molecule has 1 atom stereocenters. The van der Waals surface area contributed by atoms with Crippen LogP contribution in [0.3, 0.4) is 0 Å². The molecule has 2 aromatic heterocycles. The molecule has 0 spiro atoms. The Balaban J connectivity index is 1.69. The number of fused-ring (bicyclic) bond motifs is 1. The van der Waals surface area contributed by atoms with E-state index in [4.69, 9.17) is 0 Å². The maximum Gasteiger partial charge on any atom is 0.243 e. The summed E-state index contributed by atoms with van der Waals surface area (Å²) in [5.74, 6) is 1.56. The molecule has 0 N–H and O–H groups in total. The molecular weight excluding hydrogens is 312 g/mol. The van der Waals surface area contributed by atoms with Crippen LogP contribution >= 0.6 is 0 Å². The standard InChI is InChI=1S/C19H23N6/c1-25(2)10-8-16-18(21-13-22-19(16)25)15-11-23-24(12-15)17(7-9-20)14-5-3-4-6-14/h8,10-14,17H,3-7H2,1-2H3/q+1/t17-/m1/s1. The minimum absolute atomic E-state index is 0.166. The second kappa shape index (κ2) is 6.08. The van der Waals surface area contributed by atoms with Crippen LogP contribution in [0.2, 0.25) is 0 Å². The normalized spacial score (nSPS) is 19.7. The average molecular weight is 335 g/mol. The first-order valence-corrected chi connectivity index (χ1v) is 8.90. The fourth-order valence-corrected chi connectivity index (χ4v) is 4.11. The summed E-state index contributed by atoms with van der Waals surface area (Å²) in [4.78, 5) is 8.97. The molecule has 0 radical (unpaired) electrons. The molecule has 0 bridgehead atoms. The van der Waals surface area contributed by atoms with Crippen molar-refractivity contribution in [1.82, 2.24) is 24.2 Å². The van der Waals surface area contributed by atoms with Crippen molar-refractivity contribution >= 4 is 11.9 Å². The van der Waals surface area contributed by atoms with Crippen molar-refractivity contribution in [2.24, 2.45) is 5.92 Å². The van der Waals surface area contributed by atoms with Crippen LogP contribution < -0.4 is 4.48 Å². The van der Waals surface area contributed by atoms with Gasteiger partial charge in [-0.3, -0.25) is 9.16 Å². The van der Waals surface area contributed by atoms with Gasteiger partial charge in [-0.25, -0.2) is 4.98 Å². The van der Waals surface area contributed by atoms with Gasteiger partial charge in [-0.1, -0.05) is 12.8 Å². The minimum Gasteiger partial charge on any atom is -0.268 e. The average Bonchev–Trinajstić information content (AvgIpc) is 3.33. The highest BCUT2D eigenvalue weighted by Crippen LogP contribution is 2.38. The number of nitrogens with zero attached hydrogens (tertiary/aromatic N) is 6. The molecule has 3 heterocycles. The maximum absolute atomic E-state index is 9.24. The summed E-state index contributed by atoms with van der Waals surface area (Å²) in [6.45, 7) is 0. The van der Waals surface area contributed by atoms with Crippen molar-refractivity contribution in [2.45, 2.75) is 38.1 Å². The number of hydrogen-bond donors (Lipinski definition) is 0. The largest absolute Gasteiger partial charge is 0.268 e. The van der Waals surface area contributed by atoms with Crippen LogP contribution in [0.4, 0.5) is 5.82 Å². The van der Waals surface area contributed by atoms with Gasteiger partial charge in [0.2, 0.25) is 5.82 Å². The third kappa shape index (κ3) is 2.75. The number of quaternary nitrogens is 1. The van der Waals surface area contributed by atoms with Crippen LogP contribution in [-0.2, 0) is 0 Å². The summed E-state index contributed by atoms with van der Waals surface area (Å²) in [5.41, 5.74) is 2.97. The first-order valence-electron chi connectivity index (χ1n) is 8.90. The van der Waals surface area contributed by atoms with Crippen LogP contribution in [0.1, 0.15) is 43.7 Å². The Labute approximate surface area is 148 Å². The molecule has 128 valence electrons. The number of aromatic nitrogens is 4. The smallest absolute Gasteiger partial charge is 0.243 e. The van der Waals surface area contributed by atoms with E-state index in [1.165, 1.54) is 25.7 Å². The number of nitriles is 1. The van der Waals surface area contributed by atoms with Crippen LogP contribution in [0.25, 0.3) is 17.3 Å². The predicted molar refractivity (Wildman–Crippen MR) is 97.2 cm³/mol. The lowest BCUT2D eigenvalue weighted by Gasteiger charge is -2.21. The molecule has 0 amide bonds. The summed E-state index contributed by atoms with van der Waals surface area (Å²) in [5, 5.41) is 13.8. The van der Waals surface area contributed by atoms with Gasteiger partial charge in [-0.15, -0.1) is 0 Å². The molecule has 0 saturated heterocycles. The van der Waals surface area contributed by atoms with Gasteiger partial charge >= 0.3 is 0 Å². The Hall–Kier alpha value is -2.52. The monoisotopic (exact) mass is 335 g/mol. The lowest BCUT2D eigenvalue weighted by atomic mass is 9.96. The van der Waals surface area contributed by atoms with E-state index in [0.29, 0.717) is 16.8 Å². The molecule has 2 aromatic rings. The number of hydrogen-bond acceptors (Lipinski definition) is 4. The highest BCUT2D eigenvalue weighted by Gasteiger charge is 2.31. The quantitative estimate of drug-likeness (QED) is 0.802. The summed E-state index contributed by atoms with van der Waals surface area (Å²) in [6.07, 6.45) is 15.2. The Morgan fingerprint density at radius 1 is 1.32 bits per heavy atom. The van der Waals surface area contributed by atoms with E-state index in [9.17, 15) is 5.26 Å². The van der Waals surface area contributed by atoms with Crippen LogP contribution in [0, 0.1) is 17.2 Å². The summed E-state index contributed by atoms with van der Waals surface area (Å²) in [6, 6.07) is 2.51. The van der Waals surface area contributed by atoms with E-state index in [0.717, 1.165) is 22.6 Å². The topological polar surface area (TPSA) is 67.4 Å². The van der Waals surface area contributed by atoms with Crippen LogP contribution in [0.5, 0.6) is 0 Å². The molecule has 0 aromatic carbocycles. The molecule has 0 unspecified atom stereocenters. The lowest BCUT2D eigenvalue weighted by molar-refractivity contribution is 0.315. The minimum atomic E-state index is 0.166. The van der Waals surface area contributed by atoms with Gasteiger partial charge in [-0.2, -0.15) is 15.3 Å². The second-order valence-corrected chi connectivity index (χ2v) is 7.50. The van der Waals surface area contributed by atoms with Crippen molar-refractivity contribution in [3.8, 4) is 17.3 Å². The van der Waals surface area contributed by atoms with E-state index in [1.54, 1.807) is 6.33 Å². The molecular formula is C19H23N6+. The summed E-state index contributed by atoms with van der Waals surface area (Å²) < 4.78 is 2.61. The first kappa shape index (κ1) is 16.0. The van der Waals surface area contributed by atoms with Crippen molar-refractivity contribution < 1.29 is 0 Å². The Morgan fingerprint density at radius 2 is 2.12 bits per heavy atom. The molecule has 25 heavy (non-hydrogen) atoms. The fourth-order valence-electron chi connectivity index (χ4n) is 4.11. The van der Waals surface area contributed by atoms with Gasteiger partial charge in [-0.05, 0) is 18.8 Å². The zero-order valence-electron chi connectivity index (χ0n) is 14.8. The van der Waals surface area contributed by atoms with Crippen molar-refractivity contribution in [2.75, 3.05) is 14.1 Å². The fraction of sp³-hybridized carbons (Fsp3) is 0.474. The molecule has 1 fully saturated rings. The van der Waals surface area contributed by atoms with Gasteiger partial charge in [0.1, 0.15) is 12.5 Å². The van der Waals surface area contributed by atoms with Crippen LogP contribution in [-0.4, -0.2) is 33.8 Å². The van der Waals surface area contributed by atoms with E-state index >= 15 is 0 Å². The van der Waals surface area contributed by atoms with E-state index in [-0.39, 0.29) is 6.04 Å². The maximum atomic E-state index is 9.24. The number of rotatable bonds is 4. The summed E-state index contributed by atoms with van der Waals surface area (Å²) in [7, 11) is 4.21. The van der Waals surface area contributed by atoms with Crippen molar-refractivity contribution in [3.63, 3.8) is 0 Å². The summed E-state index contributed by atoms with van der Waals surface area (Å²) >= 11 is 0. The van der Waals surface area contributed by atoms with Gasteiger partial charge in [0.25, 0.3) is 0 Å². The molecule has 6 nitrogen and oxygen atoms in total. The second-order valence-electron chi connectivity index (χ2n) is 7.50. The molecule has 1 aliphatic carbocycles. The third-order valence-corrected chi connectivity index (χ3v) is 5.48. The SMILES string of the molecule is C[N+]1(C)C=Cc2c(-c3cnn([C@H](CC#N)C4CCCC4)c3)ncnc21. The molecule has 1 aliphatic heterocycles. The highest BCUT2D eigenvalue weighted by atomic mass is 15.4. The molecule has 1 saturated carbocycles. The Morgan fingerprint density at radius 3 is 2.88 bits per heavy atom. The van der Waals surface area contributed by atoms with E-state index in [1.807, 2.05) is 10.9 Å². The first-order chi connectivity index (χ1) is 12.1. The van der Waals surface area contributed by atoms with Crippen molar-refractivity contribution in [1.29, 1.82) is 5.26 Å². The van der Waals surface area contributed by atoms with Gasteiger partial charge in [0.05, 0.1) is 50.1 Å². The van der Waals surface area contributed by atoms with Crippen LogP contribution in [0.15, 0.2) is 24.9 Å². The molecule has 6 heteroatoms. The molecule has 4 rings (SSSR count). The van der Waals surface area contributed by atoms with Gasteiger partial charge in [0, 0.05) is 17.8 Å². The zero-order valence-corrected chi connectivity index (χ0v) is 14.8. The zero-order chi connectivity index (χ0) is 17.4. The Kier molecular flexibility index (Phi) is 3.89. The predicted octanol–water partition coefficient (Wildman–Crippen LogP) is 3.54. The Bertz CT molecular complexity index is 851. The van der Waals surface area contributed by atoms with E-state index < -0.39 is 0 Å². The third-order valence-electron chi connectivity index (χ3n) is 5.48. The van der Waals surface area contributed by atoms with Gasteiger partial charge < -0.3 is 0 Å². The van der Waals surface area contributed by atoms with Crippen molar-refractivity contribution in [3.05, 3.63) is 30.5 Å².